The van der Waals surface area contributed by atoms with Gasteiger partial charge in [-0.2, -0.15) is 8.78 Å². The van der Waals surface area contributed by atoms with Gasteiger partial charge in [0.25, 0.3) is 5.92 Å². The van der Waals surface area contributed by atoms with Crippen molar-refractivity contribution in [3.05, 3.63) is 23.3 Å². The molecule has 0 N–H and O–H groups in total. The molecule has 1 aliphatic rings. The quantitative estimate of drug-likeness (QED) is 0.624. The first kappa shape index (κ1) is 9.39. The predicted molar refractivity (Wildman–Crippen MR) is 42.2 cm³/mol. The third-order valence-corrected chi connectivity index (χ3v) is 2.07. The molecular formula is C8H7ClF2O. The molecule has 0 heterocycles. The summed E-state index contributed by atoms with van der Waals surface area (Å²) in [6.45, 7) is 1.12. The number of allylic oxidation sites excluding steroid dienone is 4. The number of carbonyl (C=O) groups excluding carboxylic acids is 1. The Kier molecular flexibility index (Phi) is 2.33. The van der Waals surface area contributed by atoms with Crippen molar-refractivity contribution < 1.29 is 13.6 Å². The fourth-order valence-electron chi connectivity index (χ4n) is 1.02. The summed E-state index contributed by atoms with van der Waals surface area (Å²) >= 11 is 5.25. The van der Waals surface area contributed by atoms with E-state index in [9.17, 15) is 13.6 Å². The van der Waals surface area contributed by atoms with Crippen LogP contribution >= 0.6 is 11.6 Å². The topological polar surface area (TPSA) is 17.1 Å². The van der Waals surface area contributed by atoms with E-state index in [1.54, 1.807) is 0 Å². The average molecular weight is 193 g/mol. The van der Waals surface area contributed by atoms with Crippen LogP contribution in [0.15, 0.2) is 23.3 Å². The van der Waals surface area contributed by atoms with Crippen LogP contribution in [0.1, 0.15) is 6.92 Å². The molecular weight excluding hydrogens is 186 g/mol. The molecule has 0 aromatic heterocycles. The molecule has 1 rings (SSSR count). The smallest absolute Gasteiger partial charge is 0.296 e. The van der Waals surface area contributed by atoms with Crippen molar-refractivity contribution >= 4 is 17.4 Å². The zero-order chi connectivity index (χ0) is 9.35. The Hall–Kier alpha value is -0.700. The second kappa shape index (κ2) is 2.98. The highest BCUT2D eigenvalue weighted by molar-refractivity contribution is 6.31. The second-order valence-corrected chi connectivity index (χ2v) is 3.02. The fourth-order valence-corrected chi connectivity index (χ4v) is 1.21. The van der Waals surface area contributed by atoms with Gasteiger partial charge in [-0.3, -0.25) is 4.79 Å². The lowest BCUT2D eigenvalue weighted by Gasteiger charge is -2.23. The lowest BCUT2D eigenvalue weighted by Crippen LogP contribution is -2.33. The highest BCUT2D eigenvalue weighted by atomic mass is 35.5. The first-order valence-corrected chi connectivity index (χ1v) is 3.77. The Bertz CT molecular complexity index is 268. The van der Waals surface area contributed by atoms with Crippen molar-refractivity contribution in [1.29, 1.82) is 0 Å². The van der Waals surface area contributed by atoms with Crippen LogP contribution in [0.2, 0.25) is 0 Å². The first-order valence-electron chi connectivity index (χ1n) is 3.39. The molecule has 12 heavy (non-hydrogen) atoms. The van der Waals surface area contributed by atoms with Gasteiger partial charge in [0.2, 0.25) is 0 Å². The lowest BCUT2D eigenvalue weighted by molar-refractivity contribution is -0.127. The van der Waals surface area contributed by atoms with Gasteiger partial charge in [0.05, 0.1) is 5.03 Å². The monoisotopic (exact) mass is 192 g/mol. The Morgan fingerprint density at radius 1 is 1.67 bits per heavy atom. The van der Waals surface area contributed by atoms with Crippen LogP contribution in [-0.4, -0.2) is 11.7 Å². The zero-order valence-corrected chi connectivity index (χ0v) is 7.11. The van der Waals surface area contributed by atoms with Crippen LogP contribution in [0.5, 0.6) is 0 Å². The van der Waals surface area contributed by atoms with Crippen molar-refractivity contribution in [2.75, 3.05) is 0 Å². The van der Waals surface area contributed by atoms with Crippen LogP contribution in [0.25, 0.3) is 0 Å². The minimum absolute atomic E-state index is 0.579. The molecule has 1 aliphatic carbocycles. The van der Waals surface area contributed by atoms with E-state index in [1.807, 2.05) is 0 Å². The van der Waals surface area contributed by atoms with E-state index >= 15 is 0 Å². The maximum atomic E-state index is 13.0. The molecule has 0 aromatic carbocycles. The maximum Gasteiger partial charge on any atom is 0.296 e. The van der Waals surface area contributed by atoms with Gasteiger partial charge in [-0.05, 0) is 13.0 Å². The third kappa shape index (κ3) is 1.41. The molecule has 1 nitrogen and oxygen atoms in total. The average Bonchev–Trinajstić information content (AvgIpc) is 1.94. The molecule has 0 saturated carbocycles. The molecule has 1 atom stereocenters. The summed E-state index contributed by atoms with van der Waals surface area (Å²) in [4.78, 5) is 10.7. The van der Waals surface area contributed by atoms with E-state index in [4.69, 9.17) is 11.6 Å². The summed E-state index contributed by atoms with van der Waals surface area (Å²) in [5, 5.41) is -0.579. The van der Waals surface area contributed by atoms with Crippen LogP contribution in [0.4, 0.5) is 8.78 Å². The molecule has 0 bridgehead atoms. The molecule has 0 aliphatic heterocycles. The third-order valence-electron chi connectivity index (χ3n) is 1.69. The molecule has 0 spiro atoms. The normalized spacial score (nSPS) is 26.7. The molecule has 4 heteroatoms. The summed E-state index contributed by atoms with van der Waals surface area (Å²) in [6.07, 6.45) is 3.63. The first-order chi connectivity index (χ1) is 5.46. The van der Waals surface area contributed by atoms with Gasteiger partial charge in [-0.1, -0.05) is 23.8 Å². The summed E-state index contributed by atoms with van der Waals surface area (Å²) < 4.78 is 26.1. The number of Topliss-reactive ketones (excluding diaryl/α,β-unsaturated/α-hetero) is 1. The Balaban J connectivity index is 3.01. The summed E-state index contributed by atoms with van der Waals surface area (Å²) in [6, 6.07) is 0. The Morgan fingerprint density at radius 2 is 2.25 bits per heavy atom. The standard InChI is InChI=1S/C8H7ClF2O/c1-5(12)6-3-2-4-7(9)8(6,10)11/h2-4,6H,1H3. The molecule has 66 valence electrons. The predicted octanol–water partition coefficient (Wildman–Crippen LogP) is 2.52. The molecule has 1 unspecified atom stereocenters. The number of hydrogen-bond donors (Lipinski definition) is 0. The van der Waals surface area contributed by atoms with Crippen molar-refractivity contribution in [2.45, 2.75) is 12.8 Å². The van der Waals surface area contributed by atoms with Crippen LogP contribution in [0.3, 0.4) is 0 Å². The minimum atomic E-state index is -3.23. The Morgan fingerprint density at radius 3 is 2.67 bits per heavy atom. The SMILES string of the molecule is CC(=O)C1C=CC=C(Cl)C1(F)F. The van der Waals surface area contributed by atoms with Crippen molar-refractivity contribution in [1.82, 2.24) is 0 Å². The van der Waals surface area contributed by atoms with E-state index in [1.165, 1.54) is 6.08 Å². The Labute approximate surface area is 73.7 Å². The number of hydrogen-bond acceptors (Lipinski definition) is 1. The van der Waals surface area contributed by atoms with Gasteiger partial charge in [0.15, 0.2) is 0 Å². The van der Waals surface area contributed by atoms with Crippen molar-refractivity contribution in [2.24, 2.45) is 5.92 Å². The minimum Gasteiger partial charge on any atom is -0.299 e. The molecule has 0 fully saturated rings. The number of alkyl halides is 2. The molecule has 0 aromatic rings. The van der Waals surface area contributed by atoms with Gasteiger partial charge >= 0.3 is 0 Å². The highest BCUT2D eigenvalue weighted by Gasteiger charge is 2.45. The highest BCUT2D eigenvalue weighted by Crippen LogP contribution is 2.38. The summed E-state index contributed by atoms with van der Waals surface area (Å²) in [5.74, 6) is -5.22. The van der Waals surface area contributed by atoms with Crippen molar-refractivity contribution in [3.63, 3.8) is 0 Å². The van der Waals surface area contributed by atoms with Crippen molar-refractivity contribution in [3.8, 4) is 0 Å². The molecule has 0 amide bonds. The van der Waals surface area contributed by atoms with Gasteiger partial charge in [0.1, 0.15) is 11.7 Å². The van der Waals surface area contributed by atoms with E-state index in [-0.39, 0.29) is 0 Å². The summed E-state index contributed by atoms with van der Waals surface area (Å²) in [7, 11) is 0. The second-order valence-electron chi connectivity index (χ2n) is 2.61. The summed E-state index contributed by atoms with van der Waals surface area (Å²) in [5.41, 5.74) is 0. The van der Waals surface area contributed by atoms with Crippen LogP contribution in [0, 0.1) is 5.92 Å². The van der Waals surface area contributed by atoms with Crippen LogP contribution < -0.4 is 0 Å². The number of rotatable bonds is 1. The largest absolute Gasteiger partial charge is 0.299 e. The number of carbonyl (C=O) groups is 1. The number of ketones is 1. The molecule has 0 saturated heterocycles. The zero-order valence-electron chi connectivity index (χ0n) is 6.35. The van der Waals surface area contributed by atoms with Gasteiger partial charge in [-0.15, -0.1) is 0 Å². The van der Waals surface area contributed by atoms with E-state index in [0.717, 1.165) is 19.1 Å². The van der Waals surface area contributed by atoms with Crippen LogP contribution in [-0.2, 0) is 4.79 Å². The number of halogens is 3. The van der Waals surface area contributed by atoms with Gasteiger partial charge < -0.3 is 0 Å². The lowest BCUT2D eigenvalue weighted by atomic mass is 9.93. The molecule has 0 radical (unpaired) electrons. The van der Waals surface area contributed by atoms with E-state index in [0.29, 0.717) is 0 Å². The van der Waals surface area contributed by atoms with E-state index < -0.39 is 22.7 Å². The maximum absolute atomic E-state index is 13.0. The van der Waals surface area contributed by atoms with E-state index in [2.05, 4.69) is 0 Å². The van der Waals surface area contributed by atoms with Gasteiger partial charge in [0, 0.05) is 0 Å². The van der Waals surface area contributed by atoms with Gasteiger partial charge in [-0.25, -0.2) is 0 Å². The fraction of sp³-hybridized carbons (Fsp3) is 0.375.